The smallest absolute Gasteiger partial charge is 0.191 e. The zero-order valence-corrected chi connectivity index (χ0v) is 17.3. The van der Waals surface area contributed by atoms with Gasteiger partial charge < -0.3 is 20.6 Å². The lowest BCUT2D eigenvalue weighted by Crippen LogP contribution is -2.43. The van der Waals surface area contributed by atoms with Crippen molar-refractivity contribution in [3.05, 3.63) is 35.4 Å². The van der Waals surface area contributed by atoms with Crippen LogP contribution in [0.5, 0.6) is 0 Å². The molecule has 0 amide bonds. The third-order valence-electron chi connectivity index (χ3n) is 5.06. The van der Waals surface area contributed by atoms with Crippen LogP contribution in [0.3, 0.4) is 0 Å². The molecule has 0 aliphatic heterocycles. The lowest BCUT2D eigenvalue weighted by atomic mass is 9.79. The van der Waals surface area contributed by atoms with Crippen molar-refractivity contribution in [3.63, 3.8) is 0 Å². The minimum absolute atomic E-state index is 0.124. The standard InChI is InChI=1S/C21H38N4O/c1-6-21(7-2,13-14-26)17-24-20(22-8-3)23-15-18-9-11-19(12-10-18)16-25(4)5/h9-12,26H,6-8,13-17H2,1-5H3,(H2,22,23,24). The number of rotatable bonds is 11. The van der Waals surface area contributed by atoms with Crippen molar-refractivity contribution in [2.75, 3.05) is 33.8 Å². The van der Waals surface area contributed by atoms with Crippen LogP contribution in [-0.4, -0.2) is 49.8 Å². The summed E-state index contributed by atoms with van der Waals surface area (Å²) in [5, 5.41) is 16.2. The van der Waals surface area contributed by atoms with E-state index in [9.17, 15) is 5.11 Å². The van der Waals surface area contributed by atoms with Crippen LogP contribution in [0.2, 0.25) is 0 Å². The Kier molecular flexibility index (Phi) is 10.3. The maximum atomic E-state index is 9.39. The first-order valence-corrected chi connectivity index (χ1v) is 9.84. The number of nitrogens with one attached hydrogen (secondary N) is 2. The average molecular weight is 363 g/mol. The molecule has 0 heterocycles. The SMILES string of the molecule is CCNC(=NCc1ccc(CN(C)C)cc1)NCC(CC)(CC)CCO. The zero-order chi connectivity index (χ0) is 19.4. The van der Waals surface area contributed by atoms with Gasteiger partial charge in [0.1, 0.15) is 0 Å². The first-order chi connectivity index (χ1) is 12.5. The fraction of sp³-hybridized carbons (Fsp3) is 0.667. The van der Waals surface area contributed by atoms with Gasteiger partial charge in [-0.05, 0) is 56.8 Å². The summed E-state index contributed by atoms with van der Waals surface area (Å²) >= 11 is 0. The monoisotopic (exact) mass is 362 g/mol. The molecule has 0 radical (unpaired) electrons. The second kappa shape index (κ2) is 11.9. The van der Waals surface area contributed by atoms with E-state index in [4.69, 9.17) is 4.99 Å². The van der Waals surface area contributed by atoms with Gasteiger partial charge in [-0.25, -0.2) is 4.99 Å². The minimum Gasteiger partial charge on any atom is -0.396 e. The van der Waals surface area contributed by atoms with Gasteiger partial charge in [0.2, 0.25) is 0 Å². The molecule has 0 aromatic heterocycles. The minimum atomic E-state index is 0.124. The number of hydrogen-bond donors (Lipinski definition) is 3. The highest BCUT2D eigenvalue weighted by atomic mass is 16.3. The van der Waals surface area contributed by atoms with Gasteiger partial charge in [0.25, 0.3) is 0 Å². The van der Waals surface area contributed by atoms with Gasteiger partial charge >= 0.3 is 0 Å². The third-order valence-corrected chi connectivity index (χ3v) is 5.06. The van der Waals surface area contributed by atoms with Crippen molar-refractivity contribution in [2.45, 2.75) is 53.1 Å². The van der Waals surface area contributed by atoms with Crippen LogP contribution in [0.25, 0.3) is 0 Å². The van der Waals surface area contributed by atoms with Crippen molar-refractivity contribution in [1.82, 2.24) is 15.5 Å². The van der Waals surface area contributed by atoms with Crippen LogP contribution >= 0.6 is 0 Å². The van der Waals surface area contributed by atoms with Gasteiger partial charge in [0, 0.05) is 26.2 Å². The summed E-state index contributed by atoms with van der Waals surface area (Å²) in [6, 6.07) is 8.65. The summed E-state index contributed by atoms with van der Waals surface area (Å²) in [4.78, 5) is 6.89. The molecule has 148 valence electrons. The molecule has 1 aromatic carbocycles. The van der Waals surface area contributed by atoms with E-state index in [1.807, 2.05) is 0 Å². The molecule has 3 N–H and O–H groups in total. The Labute approximate surface area is 159 Å². The lowest BCUT2D eigenvalue weighted by molar-refractivity contribution is 0.169. The quantitative estimate of drug-likeness (QED) is 0.418. The normalized spacial score (nSPS) is 12.5. The van der Waals surface area contributed by atoms with Crippen LogP contribution in [0, 0.1) is 5.41 Å². The van der Waals surface area contributed by atoms with Gasteiger partial charge in [-0.2, -0.15) is 0 Å². The van der Waals surface area contributed by atoms with Gasteiger partial charge in [-0.1, -0.05) is 38.1 Å². The molecule has 26 heavy (non-hydrogen) atoms. The number of hydrogen-bond acceptors (Lipinski definition) is 3. The molecule has 1 aromatic rings. The largest absolute Gasteiger partial charge is 0.396 e. The predicted octanol–water partition coefficient (Wildman–Crippen LogP) is 2.99. The molecular formula is C21H38N4O. The Balaban J connectivity index is 2.70. The zero-order valence-electron chi connectivity index (χ0n) is 17.3. The second-order valence-electron chi connectivity index (χ2n) is 7.28. The molecule has 5 nitrogen and oxygen atoms in total. The van der Waals surface area contributed by atoms with Crippen LogP contribution < -0.4 is 10.6 Å². The summed E-state index contributed by atoms with van der Waals surface area (Å²) in [5.41, 5.74) is 2.64. The van der Waals surface area contributed by atoms with Gasteiger partial charge in [0.05, 0.1) is 6.54 Å². The molecule has 5 heteroatoms. The Morgan fingerprint density at radius 3 is 2.15 bits per heavy atom. The van der Waals surface area contributed by atoms with E-state index < -0.39 is 0 Å². The summed E-state index contributed by atoms with van der Waals surface area (Å²) in [5.74, 6) is 0.842. The van der Waals surface area contributed by atoms with Crippen molar-refractivity contribution in [1.29, 1.82) is 0 Å². The van der Waals surface area contributed by atoms with E-state index >= 15 is 0 Å². The molecule has 0 saturated carbocycles. The van der Waals surface area contributed by atoms with Crippen LogP contribution in [0.1, 0.15) is 51.2 Å². The van der Waals surface area contributed by atoms with Gasteiger partial charge in [0.15, 0.2) is 5.96 Å². The molecule has 0 spiro atoms. The number of guanidine groups is 1. The molecule has 0 fully saturated rings. The van der Waals surface area contributed by atoms with E-state index in [0.29, 0.717) is 6.54 Å². The number of aliphatic imine (C=N–C) groups is 1. The molecule has 0 aliphatic carbocycles. The fourth-order valence-corrected chi connectivity index (χ4v) is 3.08. The molecule has 0 unspecified atom stereocenters. The van der Waals surface area contributed by atoms with Crippen LogP contribution in [0.4, 0.5) is 0 Å². The van der Waals surface area contributed by atoms with Gasteiger partial charge in [-0.3, -0.25) is 0 Å². The molecule has 0 saturated heterocycles. The highest BCUT2D eigenvalue weighted by Gasteiger charge is 2.25. The average Bonchev–Trinajstić information content (AvgIpc) is 2.63. The van der Waals surface area contributed by atoms with Gasteiger partial charge in [-0.15, -0.1) is 0 Å². The summed E-state index contributed by atoms with van der Waals surface area (Å²) in [6.07, 6.45) is 2.91. The van der Waals surface area contributed by atoms with Crippen molar-refractivity contribution < 1.29 is 5.11 Å². The highest BCUT2D eigenvalue weighted by Crippen LogP contribution is 2.29. The fourth-order valence-electron chi connectivity index (χ4n) is 3.08. The maximum Gasteiger partial charge on any atom is 0.191 e. The number of aliphatic hydroxyl groups is 1. The summed E-state index contributed by atoms with van der Waals surface area (Å²) in [6.45, 7) is 9.97. The third kappa shape index (κ3) is 7.75. The Morgan fingerprint density at radius 2 is 1.65 bits per heavy atom. The Bertz CT molecular complexity index is 521. The van der Waals surface area contributed by atoms with E-state index in [0.717, 1.165) is 44.9 Å². The van der Waals surface area contributed by atoms with Crippen LogP contribution in [-0.2, 0) is 13.1 Å². The molecule has 0 atom stereocenters. The first kappa shape index (κ1) is 22.5. The topological polar surface area (TPSA) is 59.9 Å². The van der Waals surface area contributed by atoms with E-state index in [1.165, 1.54) is 11.1 Å². The lowest BCUT2D eigenvalue weighted by Gasteiger charge is -2.32. The Morgan fingerprint density at radius 1 is 1.04 bits per heavy atom. The van der Waals surface area contributed by atoms with Crippen molar-refractivity contribution in [2.24, 2.45) is 10.4 Å². The summed E-state index contributed by atoms with van der Waals surface area (Å²) in [7, 11) is 4.16. The van der Waals surface area contributed by atoms with Crippen molar-refractivity contribution >= 4 is 5.96 Å². The van der Waals surface area contributed by atoms with E-state index in [2.05, 4.69) is 74.7 Å². The molecule has 0 aliphatic rings. The molecule has 1 rings (SSSR count). The Hall–Kier alpha value is -1.59. The van der Waals surface area contributed by atoms with Crippen LogP contribution in [0.15, 0.2) is 29.3 Å². The predicted molar refractivity (Wildman–Crippen MR) is 111 cm³/mol. The number of nitrogens with zero attached hydrogens (tertiary/aromatic N) is 2. The van der Waals surface area contributed by atoms with E-state index in [1.54, 1.807) is 0 Å². The number of aliphatic hydroxyl groups excluding tert-OH is 1. The first-order valence-electron chi connectivity index (χ1n) is 9.84. The maximum absolute atomic E-state index is 9.39. The molecular weight excluding hydrogens is 324 g/mol. The second-order valence-corrected chi connectivity index (χ2v) is 7.28. The summed E-state index contributed by atoms with van der Waals surface area (Å²) < 4.78 is 0. The highest BCUT2D eigenvalue weighted by molar-refractivity contribution is 5.79. The van der Waals surface area contributed by atoms with E-state index in [-0.39, 0.29) is 12.0 Å². The number of benzene rings is 1. The van der Waals surface area contributed by atoms with Crippen molar-refractivity contribution in [3.8, 4) is 0 Å². The molecule has 0 bridgehead atoms.